The second-order valence-corrected chi connectivity index (χ2v) is 10.1. The molecule has 5 rings (SSSR count). The SMILES string of the molecule is COCc1ccc(C)nc1NC(=O)[C@@H]1C[C@@H](F)CN1C(=O)Cn1nc(C(C)=O)c2cc(-c3cnc(C)nc3)ccc21. The van der Waals surface area contributed by atoms with E-state index in [1.54, 1.807) is 44.4 Å². The number of methoxy groups -OCH3 is 1. The van der Waals surface area contributed by atoms with E-state index >= 15 is 0 Å². The highest BCUT2D eigenvalue weighted by atomic mass is 19.1. The van der Waals surface area contributed by atoms with Crippen molar-refractivity contribution < 1.29 is 23.5 Å². The topological polar surface area (TPSA) is 132 Å². The number of fused-ring (bicyclic) bond motifs is 1. The molecule has 12 heteroatoms. The fraction of sp³-hybridized carbons (Fsp3) is 0.345. The predicted molar refractivity (Wildman–Crippen MR) is 149 cm³/mol. The van der Waals surface area contributed by atoms with Gasteiger partial charge in [0.2, 0.25) is 11.8 Å². The summed E-state index contributed by atoms with van der Waals surface area (Å²) < 4.78 is 21.2. The zero-order valence-corrected chi connectivity index (χ0v) is 23.2. The summed E-state index contributed by atoms with van der Waals surface area (Å²) in [4.78, 5) is 53.3. The number of alkyl halides is 1. The van der Waals surface area contributed by atoms with Crippen molar-refractivity contribution >= 4 is 34.3 Å². The number of nitrogens with one attached hydrogen (secondary N) is 1. The average Bonchev–Trinajstić information content (AvgIpc) is 3.51. The molecule has 41 heavy (non-hydrogen) atoms. The highest BCUT2D eigenvalue weighted by Gasteiger charge is 2.40. The molecule has 11 nitrogen and oxygen atoms in total. The van der Waals surface area contributed by atoms with E-state index < -0.39 is 24.0 Å². The van der Waals surface area contributed by atoms with E-state index in [0.717, 1.165) is 11.1 Å². The van der Waals surface area contributed by atoms with Crippen molar-refractivity contribution in [3.8, 4) is 11.1 Å². The van der Waals surface area contributed by atoms with Gasteiger partial charge in [0.05, 0.1) is 18.7 Å². The van der Waals surface area contributed by atoms with Gasteiger partial charge in [0, 0.05) is 55.1 Å². The number of aryl methyl sites for hydroxylation is 2. The van der Waals surface area contributed by atoms with E-state index in [4.69, 9.17) is 4.74 Å². The van der Waals surface area contributed by atoms with Crippen LogP contribution in [0.3, 0.4) is 0 Å². The van der Waals surface area contributed by atoms with Gasteiger partial charge in [-0.3, -0.25) is 19.1 Å². The van der Waals surface area contributed by atoms with Crippen molar-refractivity contribution in [2.45, 2.75) is 52.6 Å². The number of amides is 2. The molecular formula is C29H30FN7O4. The number of pyridine rings is 1. The summed E-state index contributed by atoms with van der Waals surface area (Å²) in [6.45, 7) is 4.72. The lowest BCUT2D eigenvalue weighted by atomic mass is 10.0. The Morgan fingerprint density at radius 1 is 1.10 bits per heavy atom. The molecule has 3 aromatic heterocycles. The summed E-state index contributed by atoms with van der Waals surface area (Å²) in [5, 5.41) is 7.74. The van der Waals surface area contributed by atoms with E-state index in [1.165, 1.54) is 23.6 Å². The predicted octanol–water partition coefficient (Wildman–Crippen LogP) is 3.43. The number of nitrogens with zero attached hydrogens (tertiary/aromatic N) is 6. The van der Waals surface area contributed by atoms with Crippen molar-refractivity contribution in [1.82, 2.24) is 29.6 Å². The monoisotopic (exact) mass is 559 g/mol. The molecule has 1 fully saturated rings. The van der Waals surface area contributed by atoms with Crippen LogP contribution in [-0.2, 0) is 27.5 Å². The van der Waals surface area contributed by atoms with Crippen LogP contribution in [-0.4, -0.2) is 73.1 Å². The number of hydrogen-bond acceptors (Lipinski definition) is 8. The summed E-state index contributed by atoms with van der Waals surface area (Å²) in [6.07, 6.45) is 1.90. The quantitative estimate of drug-likeness (QED) is 0.325. The van der Waals surface area contributed by atoms with Crippen LogP contribution in [0.1, 0.15) is 40.9 Å². The van der Waals surface area contributed by atoms with Gasteiger partial charge in [-0.25, -0.2) is 19.3 Å². The van der Waals surface area contributed by atoms with Crippen molar-refractivity contribution in [2.24, 2.45) is 0 Å². The Bertz CT molecular complexity index is 1640. The van der Waals surface area contributed by atoms with E-state index in [2.05, 4.69) is 25.4 Å². The Hall–Kier alpha value is -4.58. The molecule has 0 aliphatic carbocycles. The zero-order valence-electron chi connectivity index (χ0n) is 23.2. The molecular weight excluding hydrogens is 529 g/mol. The Balaban J connectivity index is 1.40. The Morgan fingerprint density at radius 2 is 1.85 bits per heavy atom. The lowest BCUT2D eigenvalue weighted by molar-refractivity contribution is -0.137. The molecule has 0 unspecified atom stereocenters. The van der Waals surface area contributed by atoms with Gasteiger partial charge in [0.25, 0.3) is 0 Å². The molecule has 1 saturated heterocycles. The minimum absolute atomic E-state index is 0.135. The first-order valence-corrected chi connectivity index (χ1v) is 13.1. The van der Waals surface area contributed by atoms with Crippen LogP contribution in [0.15, 0.2) is 42.7 Å². The van der Waals surface area contributed by atoms with Crippen molar-refractivity contribution in [3.05, 3.63) is 65.5 Å². The highest BCUT2D eigenvalue weighted by Crippen LogP contribution is 2.28. The van der Waals surface area contributed by atoms with Crippen LogP contribution in [0.25, 0.3) is 22.0 Å². The summed E-state index contributed by atoms with van der Waals surface area (Å²) >= 11 is 0. The third-order valence-electron chi connectivity index (χ3n) is 7.02. The molecule has 0 spiro atoms. The number of carbonyl (C=O) groups is 3. The lowest BCUT2D eigenvalue weighted by Crippen LogP contribution is -2.44. The third kappa shape index (κ3) is 5.82. The molecule has 4 aromatic rings. The van der Waals surface area contributed by atoms with Crippen LogP contribution < -0.4 is 5.32 Å². The first-order valence-electron chi connectivity index (χ1n) is 13.1. The fourth-order valence-electron chi connectivity index (χ4n) is 4.97. The maximum Gasteiger partial charge on any atom is 0.248 e. The summed E-state index contributed by atoms with van der Waals surface area (Å²) in [5.74, 6) is -0.340. The van der Waals surface area contributed by atoms with Gasteiger partial charge in [0.1, 0.15) is 36.1 Å². The largest absolute Gasteiger partial charge is 0.380 e. The van der Waals surface area contributed by atoms with Crippen LogP contribution in [0.5, 0.6) is 0 Å². The molecule has 212 valence electrons. The molecule has 4 heterocycles. The van der Waals surface area contributed by atoms with Crippen LogP contribution in [0.2, 0.25) is 0 Å². The van der Waals surface area contributed by atoms with E-state index in [1.807, 2.05) is 12.1 Å². The van der Waals surface area contributed by atoms with Gasteiger partial charge in [-0.2, -0.15) is 5.10 Å². The number of hydrogen-bond donors (Lipinski definition) is 1. The van der Waals surface area contributed by atoms with Gasteiger partial charge in [-0.05, 0) is 37.6 Å². The number of likely N-dealkylation sites (tertiary alicyclic amines) is 1. The number of benzene rings is 1. The second-order valence-electron chi connectivity index (χ2n) is 10.1. The molecule has 1 aliphatic heterocycles. The van der Waals surface area contributed by atoms with E-state index in [0.29, 0.717) is 33.8 Å². The molecule has 2 amide bonds. The number of halogens is 1. The Kier molecular flexibility index (Phi) is 7.84. The van der Waals surface area contributed by atoms with Gasteiger partial charge >= 0.3 is 0 Å². The number of Topliss-reactive ketones (excluding diaryl/α,β-unsaturated/α-hetero) is 1. The number of carbonyl (C=O) groups excluding carboxylic acids is 3. The number of rotatable bonds is 8. The summed E-state index contributed by atoms with van der Waals surface area (Å²) in [7, 11) is 1.53. The van der Waals surface area contributed by atoms with Gasteiger partial charge in [0.15, 0.2) is 5.78 Å². The maximum absolute atomic E-state index is 14.6. The molecule has 1 N–H and O–H groups in total. The average molecular weight is 560 g/mol. The van der Waals surface area contributed by atoms with E-state index in [9.17, 15) is 18.8 Å². The standard InChI is InChI=1S/C29H30FN7O4/c1-16-5-6-20(15-41-4)28(33-16)34-29(40)25-10-22(30)13-36(25)26(39)14-37-24-8-7-19(21-11-31-18(3)32-12-21)9-23(24)27(35-37)17(2)38/h5-9,11-12,22,25H,10,13-15H2,1-4H3,(H,33,34,40)/t22-,25+/m1/s1. The maximum atomic E-state index is 14.6. The molecule has 2 atom stereocenters. The first-order chi connectivity index (χ1) is 19.6. The van der Waals surface area contributed by atoms with Crippen LogP contribution >= 0.6 is 0 Å². The fourth-order valence-corrected chi connectivity index (χ4v) is 4.97. The smallest absolute Gasteiger partial charge is 0.248 e. The molecule has 0 radical (unpaired) electrons. The lowest BCUT2D eigenvalue weighted by Gasteiger charge is -2.24. The minimum Gasteiger partial charge on any atom is -0.380 e. The Morgan fingerprint density at radius 3 is 2.56 bits per heavy atom. The molecule has 0 bridgehead atoms. The second kappa shape index (κ2) is 11.5. The number of aromatic nitrogens is 5. The van der Waals surface area contributed by atoms with Gasteiger partial charge in [-0.1, -0.05) is 12.1 Å². The van der Waals surface area contributed by atoms with Gasteiger partial charge in [-0.15, -0.1) is 0 Å². The molecule has 0 saturated carbocycles. The van der Waals surface area contributed by atoms with Crippen LogP contribution in [0, 0.1) is 13.8 Å². The normalized spacial score (nSPS) is 16.8. The number of anilines is 1. The van der Waals surface area contributed by atoms with Crippen LogP contribution in [0.4, 0.5) is 10.2 Å². The number of ether oxygens (including phenoxy) is 1. The number of ketones is 1. The summed E-state index contributed by atoms with van der Waals surface area (Å²) in [6, 6.07) is 7.98. The third-order valence-corrected chi connectivity index (χ3v) is 7.02. The highest BCUT2D eigenvalue weighted by molar-refractivity contribution is 6.06. The minimum atomic E-state index is -1.36. The van der Waals surface area contributed by atoms with Crippen molar-refractivity contribution in [3.63, 3.8) is 0 Å². The van der Waals surface area contributed by atoms with Gasteiger partial charge < -0.3 is 15.0 Å². The zero-order chi connectivity index (χ0) is 29.3. The molecule has 1 aliphatic rings. The molecule has 1 aromatic carbocycles. The first kappa shape index (κ1) is 28.0. The van der Waals surface area contributed by atoms with Crippen molar-refractivity contribution in [1.29, 1.82) is 0 Å². The van der Waals surface area contributed by atoms with E-state index in [-0.39, 0.29) is 37.6 Å². The Labute approximate surface area is 235 Å². The van der Waals surface area contributed by atoms with Crippen molar-refractivity contribution in [2.75, 3.05) is 19.0 Å². The summed E-state index contributed by atoms with van der Waals surface area (Å²) in [5.41, 5.74) is 3.68.